The van der Waals surface area contributed by atoms with Crippen LogP contribution in [0.25, 0.3) is 10.9 Å². The Labute approximate surface area is 226 Å². The first kappa shape index (κ1) is 26.2. The van der Waals surface area contributed by atoms with E-state index in [1.54, 1.807) is 18.1 Å². The Bertz CT molecular complexity index is 1580. The molecule has 0 bridgehead atoms. The van der Waals surface area contributed by atoms with Gasteiger partial charge in [-0.25, -0.2) is 4.68 Å². The molecule has 0 unspecified atom stereocenters. The van der Waals surface area contributed by atoms with E-state index in [9.17, 15) is 4.79 Å². The number of fused-ring (bicyclic) bond motifs is 1. The fourth-order valence-electron chi connectivity index (χ4n) is 4.87. The van der Waals surface area contributed by atoms with Crippen LogP contribution in [0.2, 0.25) is 0 Å². The standard InChI is InChI=1S/C29H32N6O4/c1-4-26(28-31-32-33-35(28)19-24-10-8-14-39-24)34(17-20-9-6-7-11-27(20)37-3)18-22-15-21-16-23(38-5-2)12-13-25(21)30-29(22)36/h6-16,26H,4-5,17-19H2,1-3H3,(H,30,36)/t26-/m0/s1. The van der Waals surface area contributed by atoms with Crippen molar-refractivity contribution in [2.45, 2.75) is 45.9 Å². The molecule has 0 aliphatic carbocycles. The fourth-order valence-corrected chi connectivity index (χ4v) is 4.87. The van der Waals surface area contributed by atoms with Crippen LogP contribution in [0.15, 0.2) is 76.1 Å². The highest BCUT2D eigenvalue weighted by atomic mass is 16.5. The number of nitrogens with one attached hydrogen (secondary N) is 1. The molecule has 0 spiro atoms. The molecule has 202 valence electrons. The summed E-state index contributed by atoms with van der Waals surface area (Å²) in [6, 6.07) is 19.1. The van der Waals surface area contributed by atoms with Crippen molar-refractivity contribution in [1.82, 2.24) is 30.1 Å². The summed E-state index contributed by atoms with van der Waals surface area (Å²) in [6.45, 7) is 5.90. The molecule has 5 aromatic rings. The topological polar surface area (TPSA) is 111 Å². The van der Waals surface area contributed by atoms with Gasteiger partial charge in [0, 0.05) is 35.1 Å². The second kappa shape index (κ2) is 12.0. The summed E-state index contributed by atoms with van der Waals surface area (Å²) < 4.78 is 18.6. The summed E-state index contributed by atoms with van der Waals surface area (Å²) in [4.78, 5) is 18.5. The van der Waals surface area contributed by atoms with Crippen LogP contribution in [0.1, 0.15) is 49.0 Å². The van der Waals surface area contributed by atoms with Gasteiger partial charge >= 0.3 is 0 Å². The highest BCUT2D eigenvalue weighted by molar-refractivity contribution is 5.80. The van der Waals surface area contributed by atoms with Gasteiger partial charge in [0.1, 0.15) is 23.8 Å². The zero-order valence-electron chi connectivity index (χ0n) is 22.3. The lowest BCUT2D eigenvalue weighted by Gasteiger charge is -2.30. The number of nitrogens with zero attached hydrogens (tertiary/aromatic N) is 5. The summed E-state index contributed by atoms with van der Waals surface area (Å²) >= 11 is 0. The number of methoxy groups -OCH3 is 1. The molecular weight excluding hydrogens is 496 g/mol. The molecule has 1 N–H and O–H groups in total. The van der Waals surface area contributed by atoms with E-state index in [1.165, 1.54) is 0 Å². The Hall–Kier alpha value is -4.44. The van der Waals surface area contributed by atoms with E-state index in [1.807, 2.05) is 67.6 Å². The van der Waals surface area contributed by atoms with Gasteiger partial charge in [0.15, 0.2) is 5.82 Å². The van der Waals surface area contributed by atoms with Crippen LogP contribution in [-0.2, 0) is 19.6 Å². The number of tetrazole rings is 1. The number of hydrogen-bond acceptors (Lipinski definition) is 8. The molecule has 10 heteroatoms. The molecule has 0 aliphatic heterocycles. The first-order valence-corrected chi connectivity index (χ1v) is 13.0. The zero-order valence-corrected chi connectivity index (χ0v) is 22.3. The average Bonchev–Trinajstić information content (AvgIpc) is 3.63. The monoisotopic (exact) mass is 528 g/mol. The normalized spacial score (nSPS) is 12.2. The van der Waals surface area contributed by atoms with Crippen molar-refractivity contribution in [2.75, 3.05) is 13.7 Å². The Morgan fingerprint density at radius 2 is 1.90 bits per heavy atom. The lowest BCUT2D eigenvalue weighted by Crippen LogP contribution is -2.32. The fraction of sp³-hybridized carbons (Fsp3) is 0.310. The molecule has 0 aliphatic rings. The minimum absolute atomic E-state index is 0.137. The SMILES string of the molecule is CCOc1ccc2[nH]c(=O)c(CN(Cc3ccccc3OC)[C@@H](CC)c3nnnn3Cc3ccco3)cc2c1. The lowest BCUT2D eigenvalue weighted by molar-refractivity contribution is 0.159. The average molecular weight is 529 g/mol. The van der Waals surface area contributed by atoms with Crippen LogP contribution < -0.4 is 15.0 Å². The predicted molar refractivity (Wildman–Crippen MR) is 147 cm³/mol. The molecule has 39 heavy (non-hydrogen) atoms. The smallest absolute Gasteiger partial charge is 0.252 e. The maximum atomic E-state index is 13.2. The predicted octanol–water partition coefficient (Wildman–Crippen LogP) is 4.72. The van der Waals surface area contributed by atoms with Crippen molar-refractivity contribution >= 4 is 10.9 Å². The van der Waals surface area contributed by atoms with E-state index in [0.717, 1.165) is 33.7 Å². The lowest BCUT2D eigenvalue weighted by atomic mass is 10.1. The quantitative estimate of drug-likeness (QED) is 0.248. The Kier molecular flexibility index (Phi) is 8.02. The number of rotatable bonds is 12. The van der Waals surface area contributed by atoms with Crippen molar-refractivity contribution in [3.05, 3.63) is 100.0 Å². The van der Waals surface area contributed by atoms with Crippen molar-refractivity contribution in [2.24, 2.45) is 0 Å². The second-order valence-electron chi connectivity index (χ2n) is 9.22. The van der Waals surface area contributed by atoms with Crippen LogP contribution in [0.3, 0.4) is 0 Å². The van der Waals surface area contributed by atoms with E-state index in [2.05, 4.69) is 32.3 Å². The molecule has 0 saturated heterocycles. The summed E-state index contributed by atoms with van der Waals surface area (Å²) in [5, 5.41) is 13.5. The van der Waals surface area contributed by atoms with Gasteiger partial charge < -0.3 is 18.9 Å². The highest BCUT2D eigenvalue weighted by Crippen LogP contribution is 2.30. The minimum Gasteiger partial charge on any atom is -0.496 e. The summed E-state index contributed by atoms with van der Waals surface area (Å²) in [5.74, 6) is 2.99. The molecular formula is C29H32N6O4. The number of ether oxygens (including phenoxy) is 2. The molecule has 3 heterocycles. The second-order valence-corrected chi connectivity index (χ2v) is 9.22. The van der Waals surface area contributed by atoms with Crippen LogP contribution in [0, 0.1) is 0 Å². The first-order chi connectivity index (χ1) is 19.1. The van der Waals surface area contributed by atoms with Gasteiger partial charge in [0.05, 0.1) is 26.0 Å². The van der Waals surface area contributed by atoms with Gasteiger partial charge in [-0.15, -0.1) is 5.10 Å². The molecule has 3 aromatic heterocycles. The molecule has 5 rings (SSSR count). The molecule has 0 fully saturated rings. The third-order valence-electron chi connectivity index (χ3n) is 6.71. The number of pyridine rings is 1. The van der Waals surface area contributed by atoms with E-state index in [0.29, 0.717) is 44.0 Å². The van der Waals surface area contributed by atoms with Crippen LogP contribution >= 0.6 is 0 Å². The van der Waals surface area contributed by atoms with Gasteiger partial charge in [0.25, 0.3) is 5.56 Å². The number of para-hydroxylation sites is 1. The molecule has 2 aromatic carbocycles. The number of benzene rings is 2. The Balaban J connectivity index is 1.54. The van der Waals surface area contributed by atoms with Gasteiger partial charge in [0.2, 0.25) is 0 Å². The van der Waals surface area contributed by atoms with Gasteiger partial charge in [-0.05, 0) is 66.2 Å². The van der Waals surface area contributed by atoms with E-state index < -0.39 is 0 Å². The van der Waals surface area contributed by atoms with Gasteiger partial charge in [-0.2, -0.15) is 0 Å². The van der Waals surface area contributed by atoms with Crippen LogP contribution in [0.5, 0.6) is 11.5 Å². The number of aromatic nitrogens is 5. The van der Waals surface area contributed by atoms with Crippen LogP contribution in [0.4, 0.5) is 0 Å². The zero-order chi connectivity index (χ0) is 27.2. The van der Waals surface area contributed by atoms with Gasteiger partial charge in [-0.1, -0.05) is 25.1 Å². The van der Waals surface area contributed by atoms with Gasteiger partial charge in [-0.3, -0.25) is 9.69 Å². The highest BCUT2D eigenvalue weighted by Gasteiger charge is 2.27. The van der Waals surface area contributed by atoms with Crippen molar-refractivity contribution in [1.29, 1.82) is 0 Å². The Morgan fingerprint density at radius 1 is 1.05 bits per heavy atom. The largest absolute Gasteiger partial charge is 0.496 e. The first-order valence-electron chi connectivity index (χ1n) is 13.0. The van der Waals surface area contributed by atoms with Crippen molar-refractivity contribution < 1.29 is 13.9 Å². The summed E-state index contributed by atoms with van der Waals surface area (Å²) in [7, 11) is 1.66. The molecule has 1 atom stereocenters. The van der Waals surface area contributed by atoms with E-state index in [4.69, 9.17) is 13.9 Å². The van der Waals surface area contributed by atoms with Crippen molar-refractivity contribution in [3.63, 3.8) is 0 Å². The number of aromatic amines is 1. The third-order valence-corrected chi connectivity index (χ3v) is 6.71. The number of H-pyrrole nitrogens is 1. The van der Waals surface area contributed by atoms with Crippen molar-refractivity contribution in [3.8, 4) is 11.5 Å². The molecule has 0 saturated carbocycles. The Morgan fingerprint density at radius 3 is 2.67 bits per heavy atom. The maximum absolute atomic E-state index is 13.2. The minimum atomic E-state index is -0.190. The van der Waals surface area contributed by atoms with E-state index >= 15 is 0 Å². The molecule has 10 nitrogen and oxygen atoms in total. The number of furan rings is 1. The maximum Gasteiger partial charge on any atom is 0.252 e. The summed E-state index contributed by atoms with van der Waals surface area (Å²) in [5.41, 5.74) is 2.26. The van der Waals surface area contributed by atoms with Crippen LogP contribution in [-0.4, -0.2) is 43.8 Å². The molecule has 0 radical (unpaired) electrons. The third kappa shape index (κ3) is 5.85. The molecule has 0 amide bonds. The van der Waals surface area contributed by atoms with E-state index in [-0.39, 0.29) is 11.6 Å². The number of hydrogen-bond donors (Lipinski definition) is 1. The summed E-state index contributed by atoms with van der Waals surface area (Å²) in [6.07, 6.45) is 2.35.